The van der Waals surface area contributed by atoms with Crippen LogP contribution in [0.15, 0.2) is 63.2 Å². The average Bonchev–Trinajstić information content (AvgIpc) is 2.72. The quantitative estimate of drug-likeness (QED) is 0.599. The summed E-state index contributed by atoms with van der Waals surface area (Å²) in [7, 11) is -2.79. The van der Waals surface area contributed by atoms with Gasteiger partial charge in [-0.3, -0.25) is 9.59 Å². The van der Waals surface area contributed by atoms with Crippen LogP contribution in [0.4, 0.5) is 10.1 Å². The molecule has 0 aliphatic rings. The zero-order valence-corrected chi connectivity index (χ0v) is 18.0. The number of benzene rings is 2. The zero-order chi connectivity index (χ0) is 22.8. The van der Waals surface area contributed by atoms with E-state index < -0.39 is 38.7 Å². The lowest BCUT2D eigenvalue weighted by atomic mass is 10.2. The van der Waals surface area contributed by atoms with Gasteiger partial charge in [-0.15, -0.1) is 0 Å². The van der Waals surface area contributed by atoms with Gasteiger partial charge < -0.3 is 10.1 Å². The minimum atomic E-state index is -4.19. The third-order valence-electron chi connectivity index (χ3n) is 4.27. The molecule has 2 aromatic carbocycles. The number of halogens is 2. The molecule has 31 heavy (non-hydrogen) atoms. The molecular formula is C20H17ClFN3O5S. The summed E-state index contributed by atoms with van der Waals surface area (Å²) in [6.07, 6.45) is 0. The lowest BCUT2D eigenvalue weighted by Crippen LogP contribution is -2.30. The fourth-order valence-corrected chi connectivity index (χ4v) is 4.07. The van der Waals surface area contributed by atoms with E-state index in [4.69, 9.17) is 16.3 Å². The number of ether oxygens (including phenoxy) is 1. The van der Waals surface area contributed by atoms with Gasteiger partial charge in [0.25, 0.3) is 5.56 Å². The third-order valence-corrected chi connectivity index (χ3v) is 6.32. The number of sulfone groups is 1. The predicted molar refractivity (Wildman–Crippen MR) is 112 cm³/mol. The van der Waals surface area contributed by atoms with Gasteiger partial charge in [-0.2, -0.15) is 5.10 Å². The summed E-state index contributed by atoms with van der Waals surface area (Å²) in [6.45, 7) is 1.18. The van der Waals surface area contributed by atoms with Crippen LogP contribution < -0.4 is 15.6 Å². The van der Waals surface area contributed by atoms with Crippen molar-refractivity contribution in [1.82, 2.24) is 9.78 Å². The van der Waals surface area contributed by atoms with Gasteiger partial charge in [-0.05, 0) is 42.8 Å². The second-order valence-electron chi connectivity index (χ2n) is 6.48. The number of amides is 1. The fourth-order valence-electron chi connectivity index (χ4n) is 2.70. The van der Waals surface area contributed by atoms with E-state index in [2.05, 4.69) is 10.4 Å². The molecule has 1 aromatic heterocycles. The molecule has 1 N–H and O–H groups in total. The summed E-state index contributed by atoms with van der Waals surface area (Å²) in [5, 5.41) is 6.32. The van der Waals surface area contributed by atoms with E-state index in [9.17, 15) is 22.4 Å². The standard InChI is InChI=1S/C20H17ClFN3O5S/c1-12-8-16(17(30-2)10-15(12)21)23-18(26)11-25-20(27)7-6-19(24-25)31(28,29)14-5-3-4-13(22)9-14/h3-10H,11H2,1-2H3,(H,23,26). The second-order valence-corrected chi connectivity index (χ2v) is 8.78. The van der Waals surface area contributed by atoms with Crippen LogP contribution in [0.25, 0.3) is 0 Å². The van der Waals surface area contributed by atoms with E-state index in [0.717, 1.165) is 24.3 Å². The predicted octanol–water partition coefficient (Wildman–Crippen LogP) is 2.82. The van der Waals surface area contributed by atoms with E-state index in [1.165, 1.54) is 25.3 Å². The minimum Gasteiger partial charge on any atom is -0.495 e. The van der Waals surface area contributed by atoms with Crippen molar-refractivity contribution in [2.75, 3.05) is 12.4 Å². The van der Waals surface area contributed by atoms with Crippen molar-refractivity contribution in [2.45, 2.75) is 23.4 Å². The number of hydrogen-bond acceptors (Lipinski definition) is 6. The highest BCUT2D eigenvalue weighted by atomic mass is 35.5. The van der Waals surface area contributed by atoms with Crippen molar-refractivity contribution in [2.24, 2.45) is 0 Å². The average molecular weight is 466 g/mol. The van der Waals surface area contributed by atoms with Crippen LogP contribution in [0.5, 0.6) is 5.75 Å². The molecular weight excluding hydrogens is 449 g/mol. The Morgan fingerprint density at radius 2 is 1.97 bits per heavy atom. The Hall–Kier alpha value is -3.24. The highest BCUT2D eigenvalue weighted by Crippen LogP contribution is 2.30. The number of anilines is 1. The topological polar surface area (TPSA) is 107 Å². The fraction of sp³-hybridized carbons (Fsp3) is 0.150. The van der Waals surface area contributed by atoms with Gasteiger partial charge >= 0.3 is 0 Å². The lowest BCUT2D eigenvalue weighted by Gasteiger charge is -2.13. The van der Waals surface area contributed by atoms with Crippen molar-refractivity contribution in [3.05, 3.63) is 75.3 Å². The van der Waals surface area contributed by atoms with Crippen molar-refractivity contribution < 1.29 is 22.3 Å². The second kappa shape index (κ2) is 8.86. The smallest absolute Gasteiger partial charge is 0.267 e. The molecule has 0 atom stereocenters. The van der Waals surface area contributed by atoms with Crippen molar-refractivity contribution in [3.8, 4) is 5.75 Å². The van der Waals surface area contributed by atoms with Crippen LogP contribution >= 0.6 is 11.6 Å². The Kier molecular flexibility index (Phi) is 6.42. The largest absolute Gasteiger partial charge is 0.495 e. The molecule has 0 aliphatic carbocycles. The molecule has 162 valence electrons. The molecule has 3 aromatic rings. The van der Waals surface area contributed by atoms with Crippen LogP contribution in [0.1, 0.15) is 5.56 Å². The van der Waals surface area contributed by atoms with Gasteiger partial charge in [0.2, 0.25) is 15.7 Å². The zero-order valence-electron chi connectivity index (χ0n) is 16.4. The molecule has 0 saturated heterocycles. The van der Waals surface area contributed by atoms with Gasteiger partial charge in [0.1, 0.15) is 18.1 Å². The summed E-state index contributed by atoms with van der Waals surface area (Å²) in [6, 6.07) is 9.49. The normalized spacial score (nSPS) is 11.2. The van der Waals surface area contributed by atoms with E-state index in [-0.39, 0.29) is 4.90 Å². The Morgan fingerprint density at radius 1 is 1.23 bits per heavy atom. The van der Waals surface area contributed by atoms with Crippen LogP contribution in [0, 0.1) is 12.7 Å². The molecule has 1 amide bonds. The molecule has 0 unspecified atom stereocenters. The number of carbonyl (C=O) groups is 1. The molecule has 0 bridgehead atoms. The van der Waals surface area contributed by atoms with Gasteiger partial charge in [0.05, 0.1) is 17.7 Å². The molecule has 0 fully saturated rings. The molecule has 8 nitrogen and oxygen atoms in total. The van der Waals surface area contributed by atoms with E-state index >= 15 is 0 Å². The van der Waals surface area contributed by atoms with Gasteiger partial charge in [0, 0.05) is 17.2 Å². The minimum absolute atomic E-state index is 0.312. The van der Waals surface area contributed by atoms with Crippen molar-refractivity contribution in [3.63, 3.8) is 0 Å². The van der Waals surface area contributed by atoms with Crippen LogP contribution in [-0.4, -0.2) is 31.2 Å². The number of nitrogens with zero attached hydrogens (tertiary/aromatic N) is 2. The number of nitrogens with one attached hydrogen (secondary N) is 1. The van der Waals surface area contributed by atoms with Gasteiger partial charge in [-0.25, -0.2) is 17.5 Å². The lowest BCUT2D eigenvalue weighted by molar-refractivity contribution is -0.117. The maximum absolute atomic E-state index is 13.4. The first-order valence-electron chi connectivity index (χ1n) is 8.84. The Morgan fingerprint density at radius 3 is 2.65 bits per heavy atom. The number of methoxy groups -OCH3 is 1. The Labute approximate surface area is 182 Å². The maximum atomic E-state index is 13.4. The summed E-state index contributed by atoms with van der Waals surface area (Å²) in [5.41, 5.74) is 0.329. The summed E-state index contributed by atoms with van der Waals surface area (Å²) in [5.74, 6) is -1.07. The van der Waals surface area contributed by atoms with E-state index in [1.807, 2.05) is 0 Å². The van der Waals surface area contributed by atoms with Crippen LogP contribution in [0.3, 0.4) is 0 Å². The number of aryl methyl sites for hydroxylation is 1. The molecule has 0 radical (unpaired) electrons. The number of rotatable bonds is 6. The van der Waals surface area contributed by atoms with Crippen molar-refractivity contribution in [1.29, 1.82) is 0 Å². The third kappa shape index (κ3) is 4.92. The number of hydrogen-bond donors (Lipinski definition) is 1. The monoisotopic (exact) mass is 465 g/mol. The molecule has 11 heteroatoms. The SMILES string of the molecule is COc1cc(Cl)c(C)cc1NC(=O)Cn1nc(S(=O)(=O)c2cccc(F)c2)ccc1=O. The Bertz CT molecular complexity index is 1320. The number of aromatic nitrogens is 2. The highest BCUT2D eigenvalue weighted by molar-refractivity contribution is 7.91. The summed E-state index contributed by atoms with van der Waals surface area (Å²) >= 11 is 6.04. The summed E-state index contributed by atoms with van der Waals surface area (Å²) < 4.78 is 44.7. The van der Waals surface area contributed by atoms with E-state index in [0.29, 0.717) is 26.7 Å². The highest BCUT2D eigenvalue weighted by Gasteiger charge is 2.22. The molecule has 1 heterocycles. The van der Waals surface area contributed by atoms with Crippen LogP contribution in [-0.2, 0) is 21.2 Å². The Balaban J connectivity index is 1.89. The molecule has 0 saturated carbocycles. The maximum Gasteiger partial charge on any atom is 0.267 e. The molecule has 0 aliphatic heterocycles. The van der Waals surface area contributed by atoms with Crippen molar-refractivity contribution >= 4 is 33.0 Å². The first-order valence-corrected chi connectivity index (χ1v) is 10.7. The summed E-state index contributed by atoms with van der Waals surface area (Å²) in [4.78, 5) is 24.3. The first kappa shape index (κ1) is 22.4. The number of carbonyl (C=O) groups excluding carboxylic acids is 1. The first-order chi connectivity index (χ1) is 14.6. The van der Waals surface area contributed by atoms with Crippen LogP contribution in [0.2, 0.25) is 5.02 Å². The van der Waals surface area contributed by atoms with Gasteiger partial charge in [-0.1, -0.05) is 17.7 Å². The van der Waals surface area contributed by atoms with E-state index in [1.54, 1.807) is 13.0 Å². The molecule has 0 spiro atoms. The van der Waals surface area contributed by atoms with Gasteiger partial charge in [0.15, 0.2) is 5.03 Å². The molecule has 3 rings (SSSR count).